The first kappa shape index (κ1) is 14.8. The Hall–Kier alpha value is -1.63. The molecule has 1 aliphatic heterocycles. The van der Waals surface area contributed by atoms with Crippen LogP contribution in [0.4, 0.5) is 17.8 Å². The zero-order chi connectivity index (χ0) is 14.4. The first-order valence-electron chi connectivity index (χ1n) is 7.51. The average molecular weight is 279 g/mol. The van der Waals surface area contributed by atoms with Crippen molar-refractivity contribution in [3.63, 3.8) is 0 Å². The molecule has 1 aromatic rings. The second kappa shape index (κ2) is 7.23. The number of hydrogen-bond donors (Lipinski definition) is 3. The van der Waals surface area contributed by atoms with E-state index in [4.69, 9.17) is 5.84 Å². The molecule has 0 amide bonds. The molecule has 1 aliphatic rings. The molecule has 7 nitrogen and oxygen atoms in total. The first-order chi connectivity index (χ1) is 9.76. The fraction of sp³-hybridized carbons (Fsp3) is 0.769. The quantitative estimate of drug-likeness (QED) is 0.517. The van der Waals surface area contributed by atoms with Crippen LogP contribution in [0.15, 0.2) is 0 Å². The number of nitrogens with zero attached hydrogens (tertiary/aromatic N) is 4. The molecule has 1 aromatic heterocycles. The van der Waals surface area contributed by atoms with Crippen molar-refractivity contribution in [3.05, 3.63) is 0 Å². The van der Waals surface area contributed by atoms with Crippen molar-refractivity contribution < 1.29 is 0 Å². The van der Waals surface area contributed by atoms with E-state index < -0.39 is 0 Å². The Morgan fingerprint density at radius 2 is 1.85 bits per heavy atom. The maximum Gasteiger partial charge on any atom is 0.243 e. The molecule has 1 atom stereocenters. The number of anilines is 3. The van der Waals surface area contributed by atoms with Crippen molar-refractivity contribution in [1.82, 2.24) is 15.0 Å². The van der Waals surface area contributed by atoms with Crippen LogP contribution in [0.3, 0.4) is 0 Å². The minimum absolute atomic E-state index is 0.388. The molecular formula is C13H25N7. The molecule has 1 saturated heterocycles. The first-order valence-corrected chi connectivity index (χ1v) is 7.51. The summed E-state index contributed by atoms with van der Waals surface area (Å²) in [6, 6.07) is 0.388. The Morgan fingerprint density at radius 3 is 2.45 bits per heavy atom. The Kier molecular flexibility index (Phi) is 5.34. The summed E-state index contributed by atoms with van der Waals surface area (Å²) in [5.74, 6) is 7.19. The highest BCUT2D eigenvalue weighted by atomic mass is 15.4. The second-order valence-electron chi connectivity index (χ2n) is 5.16. The number of nitrogen functional groups attached to an aromatic ring is 1. The van der Waals surface area contributed by atoms with Crippen LogP contribution in [-0.4, -0.2) is 34.1 Å². The number of rotatable bonds is 7. The van der Waals surface area contributed by atoms with Crippen molar-refractivity contribution in [2.24, 2.45) is 5.84 Å². The van der Waals surface area contributed by atoms with E-state index in [1.54, 1.807) is 0 Å². The maximum absolute atomic E-state index is 5.46. The second-order valence-corrected chi connectivity index (χ2v) is 5.16. The summed E-state index contributed by atoms with van der Waals surface area (Å²) in [7, 11) is 0. The monoisotopic (exact) mass is 279 g/mol. The SMILES string of the molecule is CCCC(CC)Nc1nc(NN)nc(N2CCCC2)n1. The third-order valence-corrected chi connectivity index (χ3v) is 3.60. The van der Waals surface area contributed by atoms with Gasteiger partial charge in [-0.15, -0.1) is 0 Å². The Labute approximate surface area is 120 Å². The number of nitrogens with two attached hydrogens (primary N) is 1. The van der Waals surface area contributed by atoms with E-state index in [1.807, 2.05) is 0 Å². The van der Waals surface area contributed by atoms with Gasteiger partial charge in [0, 0.05) is 19.1 Å². The lowest BCUT2D eigenvalue weighted by atomic mass is 10.1. The maximum atomic E-state index is 5.46. The number of aromatic nitrogens is 3. The van der Waals surface area contributed by atoms with Crippen LogP contribution >= 0.6 is 0 Å². The summed E-state index contributed by atoms with van der Waals surface area (Å²) in [4.78, 5) is 15.3. The van der Waals surface area contributed by atoms with E-state index in [1.165, 1.54) is 12.8 Å². The molecule has 0 spiro atoms. The van der Waals surface area contributed by atoms with Crippen LogP contribution in [0.1, 0.15) is 46.0 Å². The molecule has 2 heterocycles. The van der Waals surface area contributed by atoms with Gasteiger partial charge in [-0.3, -0.25) is 5.43 Å². The van der Waals surface area contributed by atoms with Gasteiger partial charge in [0.25, 0.3) is 0 Å². The Morgan fingerprint density at radius 1 is 1.15 bits per heavy atom. The predicted octanol–water partition coefficient (Wildman–Crippen LogP) is 1.75. The fourth-order valence-electron chi connectivity index (χ4n) is 2.46. The topological polar surface area (TPSA) is 92.0 Å². The Bertz CT molecular complexity index is 417. The van der Waals surface area contributed by atoms with Gasteiger partial charge < -0.3 is 10.2 Å². The van der Waals surface area contributed by atoms with Crippen LogP contribution in [0.2, 0.25) is 0 Å². The van der Waals surface area contributed by atoms with Gasteiger partial charge in [0.1, 0.15) is 0 Å². The van der Waals surface area contributed by atoms with Crippen LogP contribution < -0.4 is 21.5 Å². The highest BCUT2D eigenvalue weighted by Gasteiger charge is 2.18. The van der Waals surface area contributed by atoms with Crippen molar-refractivity contribution in [2.45, 2.75) is 52.0 Å². The van der Waals surface area contributed by atoms with Gasteiger partial charge in [-0.05, 0) is 25.7 Å². The molecule has 0 radical (unpaired) electrons. The number of hydrogen-bond acceptors (Lipinski definition) is 7. The summed E-state index contributed by atoms with van der Waals surface area (Å²) >= 11 is 0. The minimum atomic E-state index is 0.388. The van der Waals surface area contributed by atoms with Gasteiger partial charge >= 0.3 is 0 Å². The lowest BCUT2D eigenvalue weighted by molar-refractivity contribution is 0.617. The smallest absolute Gasteiger partial charge is 0.243 e. The minimum Gasteiger partial charge on any atom is -0.351 e. The molecule has 0 aliphatic carbocycles. The number of nitrogens with one attached hydrogen (secondary N) is 2. The third-order valence-electron chi connectivity index (χ3n) is 3.60. The molecule has 1 unspecified atom stereocenters. The predicted molar refractivity (Wildman–Crippen MR) is 81.7 cm³/mol. The molecule has 20 heavy (non-hydrogen) atoms. The molecule has 1 fully saturated rings. The molecule has 4 N–H and O–H groups in total. The lowest BCUT2D eigenvalue weighted by Crippen LogP contribution is -2.25. The molecule has 112 valence electrons. The van der Waals surface area contributed by atoms with E-state index in [0.717, 1.165) is 32.4 Å². The van der Waals surface area contributed by atoms with Crippen LogP contribution in [0.25, 0.3) is 0 Å². The van der Waals surface area contributed by atoms with Crippen LogP contribution in [0, 0.1) is 0 Å². The van der Waals surface area contributed by atoms with Crippen molar-refractivity contribution in [2.75, 3.05) is 28.7 Å². The summed E-state index contributed by atoms with van der Waals surface area (Å²) in [5, 5.41) is 3.38. The van der Waals surface area contributed by atoms with E-state index in [0.29, 0.717) is 23.9 Å². The zero-order valence-corrected chi connectivity index (χ0v) is 12.4. The van der Waals surface area contributed by atoms with Crippen molar-refractivity contribution in [3.8, 4) is 0 Å². The summed E-state index contributed by atoms with van der Waals surface area (Å²) in [6.45, 7) is 6.34. The van der Waals surface area contributed by atoms with Gasteiger partial charge in [-0.25, -0.2) is 5.84 Å². The van der Waals surface area contributed by atoms with Crippen LogP contribution in [0.5, 0.6) is 0 Å². The van der Waals surface area contributed by atoms with Gasteiger partial charge in [-0.1, -0.05) is 20.3 Å². The largest absolute Gasteiger partial charge is 0.351 e. The fourth-order valence-corrected chi connectivity index (χ4v) is 2.46. The van der Waals surface area contributed by atoms with E-state index >= 15 is 0 Å². The summed E-state index contributed by atoms with van der Waals surface area (Å²) < 4.78 is 0. The van der Waals surface area contributed by atoms with E-state index in [9.17, 15) is 0 Å². The molecular weight excluding hydrogens is 254 g/mol. The highest BCUT2D eigenvalue weighted by molar-refractivity contribution is 5.44. The zero-order valence-electron chi connectivity index (χ0n) is 12.4. The molecule has 2 rings (SSSR count). The summed E-state index contributed by atoms with van der Waals surface area (Å²) in [6.07, 6.45) is 5.66. The van der Waals surface area contributed by atoms with Gasteiger partial charge in [0.05, 0.1) is 0 Å². The standard InChI is InChI=1S/C13H25N7/c1-3-7-10(4-2)15-11-16-12(19-14)18-13(17-11)20-8-5-6-9-20/h10H,3-9,14H2,1-2H3,(H2,15,16,17,18,19). The normalized spacial score (nSPS) is 16.2. The van der Waals surface area contributed by atoms with Crippen LogP contribution in [-0.2, 0) is 0 Å². The molecule has 0 bridgehead atoms. The van der Waals surface area contributed by atoms with Gasteiger partial charge in [0.2, 0.25) is 17.8 Å². The van der Waals surface area contributed by atoms with Gasteiger partial charge in [0.15, 0.2) is 0 Å². The van der Waals surface area contributed by atoms with E-state index in [-0.39, 0.29) is 0 Å². The molecule has 7 heteroatoms. The molecule has 0 aromatic carbocycles. The number of hydrazine groups is 1. The summed E-state index contributed by atoms with van der Waals surface area (Å²) in [5.41, 5.74) is 2.53. The highest BCUT2D eigenvalue weighted by Crippen LogP contribution is 2.19. The average Bonchev–Trinajstić information content (AvgIpc) is 3.00. The van der Waals surface area contributed by atoms with Crippen molar-refractivity contribution >= 4 is 17.8 Å². The third kappa shape index (κ3) is 3.69. The van der Waals surface area contributed by atoms with Crippen molar-refractivity contribution in [1.29, 1.82) is 0 Å². The molecule has 0 saturated carbocycles. The lowest BCUT2D eigenvalue weighted by Gasteiger charge is -2.19. The van der Waals surface area contributed by atoms with Gasteiger partial charge in [-0.2, -0.15) is 15.0 Å². The van der Waals surface area contributed by atoms with E-state index in [2.05, 4.69) is 44.4 Å². The Balaban J connectivity index is 2.16.